The van der Waals surface area contributed by atoms with E-state index in [0.717, 1.165) is 34.3 Å². The zero-order chi connectivity index (χ0) is 20.5. The molecule has 0 aromatic heterocycles. The molecule has 0 atom stereocenters. The fourth-order valence-electron chi connectivity index (χ4n) is 2.84. The maximum Gasteiger partial charge on any atom is 0.221 e. The summed E-state index contributed by atoms with van der Waals surface area (Å²) in [6.07, 6.45) is 0. The van der Waals surface area contributed by atoms with E-state index in [1.165, 1.54) is 6.92 Å². The van der Waals surface area contributed by atoms with Crippen molar-refractivity contribution >= 4 is 17.6 Å². The number of guanidine groups is 1. The monoisotopic (exact) mass is 384 g/mol. The molecular formula is C21H28N4O3. The van der Waals surface area contributed by atoms with E-state index in [9.17, 15) is 4.79 Å². The summed E-state index contributed by atoms with van der Waals surface area (Å²) >= 11 is 0. The van der Waals surface area contributed by atoms with Crippen LogP contribution < -0.4 is 20.1 Å². The van der Waals surface area contributed by atoms with E-state index in [2.05, 4.69) is 15.6 Å². The SMILES string of the molecule is CN=C(NCc1cccc(NC(C)=O)c1)N(C)Cc1ccc(OC)cc1OC. The van der Waals surface area contributed by atoms with Crippen molar-refractivity contribution in [2.75, 3.05) is 33.6 Å². The van der Waals surface area contributed by atoms with Crippen molar-refractivity contribution in [2.24, 2.45) is 4.99 Å². The summed E-state index contributed by atoms with van der Waals surface area (Å²) < 4.78 is 10.7. The van der Waals surface area contributed by atoms with Crippen molar-refractivity contribution < 1.29 is 14.3 Å². The van der Waals surface area contributed by atoms with Gasteiger partial charge in [0, 0.05) is 51.4 Å². The number of hydrogen-bond donors (Lipinski definition) is 2. The molecule has 0 bridgehead atoms. The fourth-order valence-corrected chi connectivity index (χ4v) is 2.84. The average Bonchev–Trinajstić information content (AvgIpc) is 2.68. The predicted molar refractivity (Wildman–Crippen MR) is 112 cm³/mol. The first-order valence-electron chi connectivity index (χ1n) is 8.96. The highest BCUT2D eigenvalue weighted by Crippen LogP contribution is 2.25. The molecule has 150 valence electrons. The minimum Gasteiger partial charge on any atom is -0.497 e. The molecule has 0 aliphatic carbocycles. The zero-order valence-corrected chi connectivity index (χ0v) is 17.1. The molecule has 0 aliphatic rings. The van der Waals surface area contributed by atoms with E-state index in [0.29, 0.717) is 13.1 Å². The van der Waals surface area contributed by atoms with Crippen molar-refractivity contribution in [1.82, 2.24) is 10.2 Å². The van der Waals surface area contributed by atoms with Crippen LogP contribution in [0.25, 0.3) is 0 Å². The van der Waals surface area contributed by atoms with Gasteiger partial charge in [0.15, 0.2) is 5.96 Å². The van der Waals surface area contributed by atoms with Crippen LogP contribution in [-0.4, -0.2) is 45.1 Å². The summed E-state index contributed by atoms with van der Waals surface area (Å²) in [7, 11) is 6.99. The van der Waals surface area contributed by atoms with Gasteiger partial charge in [0.25, 0.3) is 0 Å². The molecule has 0 saturated heterocycles. The van der Waals surface area contributed by atoms with Crippen molar-refractivity contribution in [2.45, 2.75) is 20.0 Å². The molecule has 0 spiro atoms. The van der Waals surface area contributed by atoms with Crippen LogP contribution in [0.5, 0.6) is 11.5 Å². The van der Waals surface area contributed by atoms with Crippen LogP contribution >= 0.6 is 0 Å². The number of nitrogens with zero attached hydrogens (tertiary/aromatic N) is 2. The Labute approximate surface area is 166 Å². The second-order valence-electron chi connectivity index (χ2n) is 6.32. The highest BCUT2D eigenvalue weighted by molar-refractivity contribution is 5.88. The van der Waals surface area contributed by atoms with Gasteiger partial charge < -0.3 is 25.0 Å². The smallest absolute Gasteiger partial charge is 0.221 e. The normalized spacial score (nSPS) is 11.0. The van der Waals surface area contributed by atoms with Gasteiger partial charge in [-0.25, -0.2) is 0 Å². The van der Waals surface area contributed by atoms with E-state index in [4.69, 9.17) is 9.47 Å². The summed E-state index contributed by atoms with van der Waals surface area (Å²) in [5.74, 6) is 2.19. The van der Waals surface area contributed by atoms with Gasteiger partial charge in [0.2, 0.25) is 5.91 Å². The summed E-state index contributed by atoms with van der Waals surface area (Å²) in [6, 6.07) is 13.5. The molecule has 0 heterocycles. The van der Waals surface area contributed by atoms with Crippen molar-refractivity contribution in [3.8, 4) is 11.5 Å². The Morgan fingerprint density at radius 2 is 1.93 bits per heavy atom. The third kappa shape index (κ3) is 5.90. The van der Waals surface area contributed by atoms with Gasteiger partial charge in [-0.05, 0) is 29.8 Å². The van der Waals surface area contributed by atoms with Crippen molar-refractivity contribution in [3.63, 3.8) is 0 Å². The Hall–Kier alpha value is -3.22. The Balaban J connectivity index is 2.03. The molecule has 0 unspecified atom stereocenters. The highest BCUT2D eigenvalue weighted by Gasteiger charge is 2.11. The predicted octanol–water partition coefficient (Wildman–Crippen LogP) is 2.87. The summed E-state index contributed by atoms with van der Waals surface area (Å²) in [6.45, 7) is 2.71. The Kier molecular flexibility index (Phi) is 7.68. The second kappa shape index (κ2) is 10.2. The maximum absolute atomic E-state index is 11.2. The quantitative estimate of drug-likeness (QED) is 0.567. The first-order valence-corrected chi connectivity index (χ1v) is 8.96. The standard InChI is InChI=1S/C21H28N4O3/c1-15(26)24-18-8-6-7-16(11-18)13-23-21(22-2)25(3)14-17-9-10-19(27-4)12-20(17)28-5/h6-12H,13-14H2,1-5H3,(H,22,23)(H,24,26). The topological polar surface area (TPSA) is 75.2 Å². The number of nitrogens with one attached hydrogen (secondary N) is 2. The number of hydrogen-bond acceptors (Lipinski definition) is 4. The number of amides is 1. The molecule has 0 fully saturated rings. The number of carbonyl (C=O) groups is 1. The third-order valence-corrected chi connectivity index (χ3v) is 4.17. The lowest BCUT2D eigenvalue weighted by Gasteiger charge is -2.23. The van der Waals surface area contributed by atoms with Gasteiger partial charge in [-0.3, -0.25) is 9.79 Å². The molecule has 2 aromatic rings. The van der Waals surface area contributed by atoms with E-state index in [1.807, 2.05) is 54.4 Å². The van der Waals surface area contributed by atoms with Crippen molar-refractivity contribution in [1.29, 1.82) is 0 Å². The van der Waals surface area contributed by atoms with E-state index in [-0.39, 0.29) is 5.91 Å². The van der Waals surface area contributed by atoms with Crippen LogP contribution in [0.2, 0.25) is 0 Å². The van der Waals surface area contributed by atoms with Crippen LogP contribution in [0.1, 0.15) is 18.1 Å². The van der Waals surface area contributed by atoms with Crippen LogP contribution in [0.3, 0.4) is 0 Å². The zero-order valence-electron chi connectivity index (χ0n) is 17.1. The van der Waals surface area contributed by atoms with E-state index >= 15 is 0 Å². The molecule has 0 saturated carbocycles. The van der Waals surface area contributed by atoms with E-state index < -0.39 is 0 Å². The van der Waals surface area contributed by atoms with Crippen LogP contribution in [0.4, 0.5) is 5.69 Å². The molecule has 2 aromatic carbocycles. The van der Waals surface area contributed by atoms with Gasteiger partial charge in [-0.2, -0.15) is 0 Å². The van der Waals surface area contributed by atoms with Crippen LogP contribution in [0, 0.1) is 0 Å². The molecule has 2 rings (SSSR count). The van der Waals surface area contributed by atoms with Crippen LogP contribution in [0.15, 0.2) is 47.5 Å². The number of ether oxygens (including phenoxy) is 2. The second-order valence-corrected chi connectivity index (χ2v) is 6.32. The third-order valence-electron chi connectivity index (χ3n) is 4.17. The van der Waals surface area contributed by atoms with Gasteiger partial charge in [0.1, 0.15) is 11.5 Å². The minimum atomic E-state index is -0.0888. The van der Waals surface area contributed by atoms with Crippen LogP contribution in [-0.2, 0) is 17.9 Å². The van der Waals surface area contributed by atoms with Gasteiger partial charge >= 0.3 is 0 Å². The lowest BCUT2D eigenvalue weighted by Crippen LogP contribution is -2.38. The molecule has 0 radical (unpaired) electrons. The molecular weight excluding hydrogens is 356 g/mol. The maximum atomic E-state index is 11.2. The van der Waals surface area contributed by atoms with Gasteiger partial charge in [-0.1, -0.05) is 12.1 Å². The number of anilines is 1. The van der Waals surface area contributed by atoms with E-state index in [1.54, 1.807) is 21.3 Å². The largest absolute Gasteiger partial charge is 0.497 e. The average molecular weight is 384 g/mol. The molecule has 2 N–H and O–H groups in total. The van der Waals surface area contributed by atoms with Gasteiger partial charge in [0.05, 0.1) is 14.2 Å². The summed E-state index contributed by atoms with van der Waals surface area (Å²) in [4.78, 5) is 17.6. The Morgan fingerprint density at radius 1 is 1.14 bits per heavy atom. The first kappa shape index (κ1) is 21.1. The minimum absolute atomic E-state index is 0.0888. The Morgan fingerprint density at radius 3 is 2.57 bits per heavy atom. The molecule has 7 heteroatoms. The lowest BCUT2D eigenvalue weighted by molar-refractivity contribution is -0.114. The Bertz CT molecular complexity index is 836. The number of methoxy groups -OCH3 is 2. The molecule has 28 heavy (non-hydrogen) atoms. The fraction of sp³-hybridized carbons (Fsp3) is 0.333. The summed E-state index contributed by atoms with van der Waals surface area (Å²) in [5, 5.41) is 6.14. The molecule has 1 amide bonds. The number of benzene rings is 2. The van der Waals surface area contributed by atoms with Crippen molar-refractivity contribution in [3.05, 3.63) is 53.6 Å². The number of carbonyl (C=O) groups excluding carboxylic acids is 1. The highest BCUT2D eigenvalue weighted by atomic mass is 16.5. The van der Waals surface area contributed by atoms with Gasteiger partial charge in [-0.15, -0.1) is 0 Å². The first-order chi connectivity index (χ1) is 13.5. The molecule has 0 aliphatic heterocycles. The lowest BCUT2D eigenvalue weighted by atomic mass is 10.2. The number of aliphatic imine (C=N–C) groups is 1. The summed E-state index contributed by atoms with van der Waals surface area (Å²) in [5.41, 5.74) is 2.85. The number of rotatable bonds is 7. The molecule has 7 nitrogen and oxygen atoms in total.